The lowest BCUT2D eigenvalue weighted by atomic mass is 9.83. The molecule has 0 saturated heterocycles. The van der Waals surface area contributed by atoms with Crippen molar-refractivity contribution in [2.24, 2.45) is 0 Å². The van der Waals surface area contributed by atoms with Gasteiger partial charge in [-0.05, 0) is 27.7 Å². The topological polar surface area (TPSA) is 55.8 Å². The van der Waals surface area contributed by atoms with Crippen molar-refractivity contribution in [2.75, 3.05) is 0 Å². The van der Waals surface area contributed by atoms with Crippen molar-refractivity contribution < 1.29 is 19.4 Å². The summed E-state index contributed by atoms with van der Waals surface area (Å²) < 4.78 is 11.0. The van der Waals surface area contributed by atoms with Crippen molar-refractivity contribution in [1.82, 2.24) is 0 Å². The molecule has 0 amide bonds. The molecule has 20 heavy (non-hydrogen) atoms. The van der Waals surface area contributed by atoms with E-state index in [-0.39, 0.29) is 23.7 Å². The standard InChI is InChI=1S/C15H24O4Si/c1-10(2)18-12-13(16)15(17,8-9-20(5,6)7)14(12)19-11(3)4/h10-11,17H,1-7H3. The quantitative estimate of drug-likeness (QED) is 0.638. The summed E-state index contributed by atoms with van der Waals surface area (Å²) in [6, 6.07) is 0. The van der Waals surface area contributed by atoms with Crippen molar-refractivity contribution in [2.45, 2.75) is 65.1 Å². The molecule has 1 aliphatic rings. The fourth-order valence-electron chi connectivity index (χ4n) is 1.58. The summed E-state index contributed by atoms with van der Waals surface area (Å²) >= 11 is 0. The molecule has 0 aliphatic heterocycles. The maximum Gasteiger partial charge on any atom is 0.254 e. The van der Waals surface area contributed by atoms with Gasteiger partial charge in [0.15, 0.2) is 5.76 Å². The van der Waals surface area contributed by atoms with Crippen LogP contribution >= 0.6 is 0 Å². The number of hydrogen-bond donors (Lipinski definition) is 1. The molecule has 4 nitrogen and oxygen atoms in total. The molecule has 0 saturated carbocycles. The minimum atomic E-state index is -1.84. The first kappa shape index (κ1) is 16.8. The van der Waals surface area contributed by atoms with Gasteiger partial charge in [0.2, 0.25) is 5.76 Å². The van der Waals surface area contributed by atoms with Gasteiger partial charge in [-0.25, -0.2) is 0 Å². The van der Waals surface area contributed by atoms with Crippen LogP contribution in [0.4, 0.5) is 0 Å². The Balaban J connectivity index is 3.17. The Bertz CT molecular complexity index is 488. The average molecular weight is 296 g/mol. The molecule has 1 N–H and O–H groups in total. The second kappa shape index (κ2) is 5.62. The molecule has 1 unspecified atom stereocenters. The molecule has 1 aliphatic carbocycles. The first-order valence-electron chi connectivity index (χ1n) is 6.87. The van der Waals surface area contributed by atoms with Gasteiger partial charge in [0, 0.05) is 0 Å². The van der Waals surface area contributed by atoms with Gasteiger partial charge in [-0.15, -0.1) is 5.54 Å². The molecule has 0 fully saturated rings. The zero-order chi connectivity index (χ0) is 15.7. The van der Waals surface area contributed by atoms with Crippen LogP contribution in [-0.4, -0.2) is 36.8 Å². The summed E-state index contributed by atoms with van der Waals surface area (Å²) in [7, 11) is -1.69. The molecule has 5 heteroatoms. The number of hydrogen-bond acceptors (Lipinski definition) is 4. The Labute approximate surface area is 122 Å². The Hall–Kier alpha value is -1.25. The maximum atomic E-state index is 12.1. The van der Waals surface area contributed by atoms with Gasteiger partial charge in [-0.2, -0.15) is 0 Å². The summed E-state index contributed by atoms with van der Waals surface area (Å²) in [6.45, 7) is 13.4. The first-order valence-corrected chi connectivity index (χ1v) is 10.4. The van der Waals surface area contributed by atoms with E-state index < -0.39 is 19.5 Å². The number of aliphatic hydroxyl groups is 1. The zero-order valence-corrected chi connectivity index (χ0v) is 14.3. The molecular weight excluding hydrogens is 272 g/mol. The highest BCUT2D eigenvalue weighted by Crippen LogP contribution is 2.37. The molecule has 0 bridgehead atoms. The predicted octanol–water partition coefficient (Wildman–Crippen LogP) is 2.24. The molecule has 1 rings (SSSR count). The van der Waals surface area contributed by atoms with E-state index in [4.69, 9.17) is 9.47 Å². The number of ketones is 1. The van der Waals surface area contributed by atoms with Gasteiger partial charge in [-0.1, -0.05) is 25.6 Å². The second-order valence-electron chi connectivity index (χ2n) is 6.53. The minimum Gasteiger partial charge on any atom is -0.487 e. The zero-order valence-electron chi connectivity index (χ0n) is 13.3. The fraction of sp³-hybridized carbons (Fsp3) is 0.667. The normalized spacial score (nSPS) is 22.6. The number of carbonyl (C=O) groups excluding carboxylic acids is 1. The predicted molar refractivity (Wildman–Crippen MR) is 80.5 cm³/mol. The van der Waals surface area contributed by atoms with E-state index in [1.807, 2.05) is 47.3 Å². The minimum absolute atomic E-state index is 0.0982. The van der Waals surface area contributed by atoms with Crippen LogP contribution in [0.2, 0.25) is 19.6 Å². The molecular formula is C15H24O4Si. The third kappa shape index (κ3) is 3.65. The van der Waals surface area contributed by atoms with Gasteiger partial charge in [0.05, 0.1) is 12.2 Å². The molecule has 0 radical (unpaired) electrons. The summed E-state index contributed by atoms with van der Waals surface area (Å²) in [5, 5.41) is 10.5. The van der Waals surface area contributed by atoms with Gasteiger partial charge in [0.25, 0.3) is 11.4 Å². The molecule has 0 aromatic rings. The number of ether oxygens (including phenoxy) is 2. The van der Waals surface area contributed by atoms with E-state index in [9.17, 15) is 9.90 Å². The second-order valence-corrected chi connectivity index (χ2v) is 11.3. The third-order valence-corrected chi connectivity index (χ3v) is 3.27. The van der Waals surface area contributed by atoms with E-state index in [1.165, 1.54) is 0 Å². The molecule has 0 spiro atoms. The van der Waals surface area contributed by atoms with Gasteiger partial charge in [-0.3, -0.25) is 4.79 Å². The molecule has 0 heterocycles. The number of rotatable bonds is 4. The van der Waals surface area contributed by atoms with Crippen molar-refractivity contribution in [3.8, 4) is 11.5 Å². The van der Waals surface area contributed by atoms with Crippen LogP contribution in [0.3, 0.4) is 0 Å². The molecule has 1 atom stereocenters. The van der Waals surface area contributed by atoms with E-state index in [0.717, 1.165) is 0 Å². The Kier molecular flexibility index (Phi) is 4.72. The summed E-state index contributed by atoms with van der Waals surface area (Å²) in [5.74, 6) is 2.44. The van der Waals surface area contributed by atoms with Gasteiger partial charge >= 0.3 is 0 Å². The van der Waals surface area contributed by atoms with Crippen molar-refractivity contribution in [3.63, 3.8) is 0 Å². The van der Waals surface area contributed by atoms with Gasteiger partial charge < -0.3 is 14.6 Å². The lowest BCUT2D eigenvalue weighted by molar-refractivity contribution is -0.143. The van der Waals surface area contributed by atoms with Crippen molar-refractivity contribution in [1.29, 1.82) is 0 Å². The average Bonchev–Trinajstić information content (AvgIpc) is 2.29. The summed E-state index contributed by atoms with van der Waals surface area (Å²) in [6.07, 6.45) is -0.321. The molecule has 0 aromatic heterocycles. The van der Waals surface area contributed by atoms with Crippen LogP contribution in [0, 0.1) is 11.5 Å². The lowest BCUT2D eigenvalue weighted by Gasteiger charge is -2.36. The van der Waals surface area contributed by atoms with E-state index in [1.54, 1.807) is 0 Å². The number of carbonyl (C=O) groups is 1. The summed E-state index contributed by atoms with van der Waals surface area (Å²) in [4.78, 5) is 12.1. The Morgan fingerprint density at radius 2 is 1.60 bits per heavy atom. The maximum absolute atomic E-state index is 12.1. The summed E-state index contributed by atoms with van der Waals surface area (Å²) in [5.41, 5.74) is 1.18. The van der Waals surface area contributed by atoms with Crippen LogP contribution in [0.15, 0.2) is 11.5 Å². The van der Waals surface area contributed by atoms with Crippen LogP contribution in [0.1, 0.15) is 27.7 Å². The Morgan fingerprint density at radius 1 is 1.10 bits per heavy atom. The van der Waals surface area contributed by atoms with Crippen LogP contribution < -0.4 is 0 Å². The first-order chi connectivity index (χ1) is 8.97. The SMILES string of the molecule is CC(C)OC1=C(OC(C)C)C(O)(C#C[Si](C)(C)C)C1=O. The van der Waals surface area contributed by atoms with E-state index in [0.29, 0.717) is 0 Å². The third-order valence-electron chi connectivity index (χ3n) is 2.40. The Morgan fingerprint density at radius 3 is 2.00 bits per heavy atom. The van der Waals surface area contributed by atoms with Crippen LogP contribution in [-0.2, 0) is 14.3 Å². The molecule has 112 valence electrons. The smallest absolute Gasteiger partial charge is 0.254 e. The van der Waals surface area contributed by atoms with Crippen LogP contribution in [0.5, 0.6) is 0 Å². The van der Waals surface area contributed by atoms with E-state index >= 15 is 0 Å². The van der Waals surface area contributed by atoms with Crippen molar-refractivity contribution in [3.05, 3.63) is 11.5 Å². The highest BCUT2D eigenvalue weighted by Gasteiger charge is 2.56. The highest BCUT2D eigenvalue weighted by molar-refractivity contribution is 6.83. The largest absolute Gasteiger partial charge is 0.487 e. The van der Waals surface area contributed by atoms with Gasteiger partial charge in [0.1, 0.15) is 8.07 Å². The molecule has 0 aromatic carbocycles. The monoisotopic (exact) mass is 296 g/mol. The fourth-order valence-corrected chi connectivity index (χ4v) is 2.14. The number of Topliss-reactive ketones (excluding diaryl/α,β-unsaturated/α-hetero) is 1. The highest BCUT2D eigenvalue weighted by atomic mass is 28.3. The lowest BCUT2D eigenvalue weighted by Crippen LogP contribution is -2.52. The van der Waals surface area contributed by atoms with Crippen LogP contribution in [0.25, 0.3) is 0 Å². The van der Waals surface area contributed by atoms with E-state index in [2.05, 4.69) is 11.5 Å². The van der Waals surface area contributed by atoms with Crippen molar-refractivity contribution >= 4 is 13.9 Å².